The molecule has 0 amide bonds. The van der Waals surface area contributed by atoms with Gasteiger partial charge in [0.2, 0.25) is 10.0 Å². The quantitative estimate of drug-likeness (QED) is 0.688. The second-order valence-corrected chi connectivity index (χ2v) is 8.37. The standard InChI is InChI=1S/C17H20N6O2S/c1-13-4-3-5-15(10-13)26(24,25)22-8-6-21(7-9-22)16-11-14(2)20-17-18-12-19-23(16)17/h3-5,10-12H,6-9H2,1-2H3. The van der Waals surface area contributed by atoms with E-state index in [0.29, 0.717) is 36.9 Å². The van der Waals surface area contributed by atoms with Crippen LogP contribution < -0.4 is 4.90 Å². The van der Waals surface area contributed by atoms with Crippen LogP contribution in [0.1, 0.15) is 11.3 Å². The second-order valence-electron chi connectivity index (χ2n) is 6.44. The molecule has 26 heavy (non-hydrogen) atoms. The van der Waals surface area contributed by atoms with E-state index < -0.39 is 10.0 Å². The fourth-order valence-electron chi connectivity index (χ4n) is 3.22. The van der Waals surface area contributed by atoms with Crippen LogP contribution >= 0.6 is 0 Å². The SMILES string of the molecule is Cc1cccc(S(=O)(=O)N2CCN(c3cc(C)nc4ncnn34)CC2)c1. The molecule has 9 heteroatoms. The van der Waals surface area contributed by atoms with Crippen LogP contribution in [0, 0.1) is 13.8 Å². The summed E-state index contributed by atoms with van der Waals surface area (Å²) in [7, 11) is -3.47. The molecule has 0 spiro atoms. The van der Waals surface area contributed by atoms with Crippen molar-refractivity contribution in [3.05, 3.63) is 47.9 Å². The molecule has 0 unspecified atom stereocenters. The summed E-state index contributed by atoms with van der Waals surface area (Å²) in [6.45, 7) is 5.83. The molecule has 3 aromatic rings. The first kappa shape index (κ1) is 16.9. The zero-order chi connectivity index (χ0) is 18.3. The Hall–Kier alpha value is -2.52. The van der Waals surface area contributed by atoms with Crippen molar-refractivity contribution in [1.29, 1.82) is 0 Å². The van der Waals surface area contributed by atoms with Crippen molar-refractivity contribution in [1.82, 2.24) is 23.9 Å². The predicted octanol–water partition coefficient (Wildman–Crippen LogP) is 1.25. The molecule has 2 aromatic heterocycles. The van der Waals surface area contributed by atoms with Crippen molar-refractivity contribution in [2.75, 3.05) is 31.1 Å². The molecule has 0 bridgehead atoms. The van der Waals surface area contributed by atoms with Gasteiger partial charge in [-0.15, -0.1) is 0 Å². The van der Waals surface area contributed by atoms with E-state index in [9.17, 15) is 8.42 Å². The minimum Gasteiger partial charge on any atom is -0.354 e. The summed E-state index contributed by atoms with van der Waals surface area (Å²) < 4.78 is 29.0. The van der Waals surface area contributed by atoms with Gasteiger partial charge in [0.05, 0.1) is 4.90 Å². The zero-order valence-corrected chi connectivity index (χ0v) is 15.5. The summed E-state index contributed by atoms with van der Waals surface area (Å²) in [4.78, 5) is 11.0. The Morgan fingerprint density at radius 1 is 1.04 bits per heavy atom. The third kappa shape index (κ3) is 2.93. The molecule has 0 atom stereocenters. The normalized spacial score (nSPS) is 16.3. The largest absolute Gasteiger partial charge is 0.354 e. The fourth-order valence-corrected chi connectivity index (χ4v) is 4.75. The maximum absolute atomic E-state index is 12.9. The summed E-state index contributed by atoms with van der Waals surface area (Å²) in [5, 5.41) is 4.23. The van der Waals surface area contributed by atoms with E-state index in [4.69, 9.17) is 0 Å². The summed E-state index contributed by atoms with van der Waals surface area (Å²) in [5.41, 5.74) is 1.79. The molecule has 0 N–H and O–H groups in total. The second kappa shape index (κ2) is 6.33. The van der Waals surface area contributed by atoms with Gasteiger partial charge in [0.15, 0.2) is 0 Å². The molecule has 1 aliphatic rings. The fraction of sp³-hybridized carbons (Fsp3) is 0.353. The number of nitrogens with zero attached hydrogens (tertiary/aromatic N) is 6. The van der Waals surface area contributed by atoms with E-state index in [1.165, 1.54) is 6.33 Å². The average Bonchev–Trinajstić information content (AvgIpc) is 3.09. The third-order valence-electron chi connectivity index (χ3n) is 4.55. The van der Waals surface area contributed by atoms with Gasteiger partial charge in [0, 0.05) is 37.9 Å². The highest BCUT2D eigenvalue weighted by atomic mass is 32.2. The van der Waals surface area contributed by atoms with Crippen molar-refractivity contribution < 1.29 is 8.42 Å². The van der Waals surface area contributed by atoms with Gasteiger partial charge in [-0.05, 0) is 31.5 Å². The Labute approximate surface area is 152 Å². The van der Waals surface area contributed by atoms with E-state index in [0.717, 1.165) is 17.1 Å². The van der Waals surface area contributed by atoms with Crippen molar-refractivity contribution >= 4 is 21.6 Å². The van der Waals surface area contributed by atoms with E-state index in [2.05, 4.69) is 20.0 Å². The molecule has 1 saturated heterocycles. The molecule has 1 fully saturated rings. The smallest absolute Gasteiger partial charge is 0.254 e. The number of hydrogen-bond donors (Lipinski definition) is 0. The minimum absolute atomic E-state index is 0.351. The number of aryl methyl sites for hydroxylation is 2. The predicted molar refractivity (Wildman–Crippen MR) is 97.7 cm³/mol. The highest BCUT2D eigenvalue weighted by Crippen LogP contribution is 2.22. The number of sulfonamides is 1. The molecular weight excluding hydrogens is 352 g/mol. The molecule has 136 valence electrons. The van der Waals surface area contributed by atoms with E-state index >= 15 is 0 Å². The lowest BCUT2D eigenvalue weighted by Crippen LogP contribution is -2.49. The van der Waals surface area contributed by atoms with E-state index in [-0.39, 0.29) is 0 Å². The highest BCUT2D eigenvalue weighted by Gasteiger charge is 2.29. The maximum Gasteiger partial charge on any atom is 0.254 e. The summed E-state index contributed by atoms with van der Waals surface area (Å²) in [6, 6.07) is 8.99. The lowest BCUT2D eigenvalue weighted by Gasteiger charge is -2.35. The van der Waals surface area contributed by atoms with Gasteiger partial charge in [-0.25, -0.2) is 13.4 Å². The summed E-state index contributed by atoms with van der Waals surface area (Å²) in [5.74, 6) is 1.44. The molecule has 8 nitrogen and oxygen atoms in total. The first-order valence-corrected chi connectivity index (χ1v) is 9.88. The van der Waals surface area contributed by atoms with Gasteiger partial charge >= 0.3 is 0 Å². The Bertz CT molecular complexity index is 1050. The molecule has 4 rings (SSSR count). The van der Waals surface area contributed by atoms with Crippen LogP contribution in [0.15, 0.2) is 41.6 Å². The molecular formula is C17H20N6O2S. The van der Waals surface area contributed by atoms with Crippen LogP contribution in [0.3, 0.4) is 0 Å². The Kier molecular flexibility index (Phi) is 4.12. The minimum atomic E-state index is -3.47. The van der Waals surface area contributed by atoms with Crippen LogP contribution in [-0.2, 0) is 10.0 Å². The van der Waals surface area contributed by atoms with Crippen molar-refractivity contribution in [3.8, 4) is 0 Å². The number of anilines is 1. The van der Waals surface area contributed by atoms with E-state index in [1.807, 2.05) is 26.0 Å². The van der Waals surface area contributed by atoms with Crippen LogP contribution in [0.25, 0.3) is 5.78 Å². The van der Waals surface area contributed by atoms with Crippen molar-refractivity contribution in [3.63, 3.8) is 0 Å². The Morgan fingerprint density at radius 3 is 2.54 bits per heavy atom. The van der Waals surface area contributed by atoms with Crippen LogP contribution in [0.4, 0.5) is 5.82 Å². The van der Waals surface area contributed by atoms with E-state index in [1.54, 1.807) is 27.0 Å². The number of hydrogen-bond acceptors (Lipinski definition) is 6. The van der Waals surface area contributed by atoms with Crippen LogP contribution in [0.5, 0.6) is 0 Å². The monoisotopic (exact) mass is 372 g/mol. The third-order valence-corrected chi connectivity index (χ3v) is 6.45. The maximum atomic E-state index is 12.9. The topological polar surface area (TPSA) is 83.7 Å². The molecule has 0 saturated carbocycles. The number of rotatable bonds is 3. The first-order chi connectivity index (χ1) is 12.4. The Balaban J connectivity index is 1.56. The zero-order valence-electron chi connectivity index (χ0n) is 14.7. The van der Waals surface area contributed by atoms with Gasteiger partial charge in [0.25, 0.3) is 5.78 Å². The summed E-state index contributed by atoms with van der Waals surface area (Å²) in [6.07, 6.45) is 1.48. The lowest BCUT2D eigenvalue weighted by molar-refractivity contribution is 0.383. The first-order valence-electron chi connectivity index (χ1n) is 8.44. The molecule has 1 aliphatic heterocycles. The molecule has 0 aliphatic carbocycles. The van der Waals surface area contributed by atoms with Crippen LogP contribution in [0.2, 0.25) is 0 Å². The lowest BCUT2D eigenvalue weighted by atomic mass is 10.2. The average molecular weight is 372 g/mol. The van der Waals surface area contributed by atoms with Gasteiger partial charge in [-0.2, -0.15) is 18.9 Å². The van der Waals surface area contributed by atoms with Gasteiger partial charge < -0.3 is 4.90 Å². The van der Waals surface area contributed by atoms with Gasteiger partial charge in [-0.1, -0.05) is 12.1 Å². The number of piperazine rings is 1. The molecule has 3 heterocycles. The number of aromatic nitrogens is 4. The molecule has 1 aromatic carbocycles. The Morgan fingerprint density at radius 2 is 1.81 bits per heavy atom. The van der Waals surface area contributed by atoms with Crippen LogP contribution in [-0.4, -0.2) is 58.5 Å². The summed E-state index contributed by atoms with van der Waals surface area (Å²) >= 11 is 0. The number of benzene rings is 1. The number of fused-ring (bicyclic) bond motifs is 1. The van der Waals surface area contributed by atoms with Gasteiger partial charge in [0.1, 0.15) is 12.1 Å². The highest BCUT2D eigenvalue weighted by molar-refractivity contribution is 7.89. The van der Waals surface area contributed by atoms with Crippen molar-refractivity contribution in [2.24, 2.45) is 0 Å². The van der Waals surface area contributed by atoms with Crippen molar-refractivity contribution in [2.45, 2.75) is 18.7 Å². The van der Waals surface area contributed by atoms with Gasteiger partial charge in [-0.3, -0.25) is 0 Å². The molecule has 0 radical (unpaired) electrons.